The lowest BCUT2D eigenvalue weighted by atomic mass is 10.2. The van der Waals surface area contributed by atoms with Crippen molar-refractivity contribution in [2.45, 2.75) is 13.5 Å². The zero-order chi connectivity index (χ0) is 17.8. The van der Waals surface area contributed by atoms with Crippen LogP contribution in [0.25, 0.3) is 5.69 Å². The summed E-state index contributed by atoms with van der Waals surface area (Å²) in [6, 6.07) is 8.92. The minimum Gasteiger partial charge on any atom is -0.347 e. The van der Waals surface area contributed by atoms with Crippen molar-refractivity contribution >= 4 is 11.9 Å². The fourth-order valence-corrected chi connectivity index (χ4v) is 2.25. The lowest BCUT2D eigenvalue weighted by Gasteiger charge is -2.13. The highest BCUT2D eigenvalue weighted by atomic mass is 16.1. The fraction of sp³-hybridized carbons (Fsp3) is 0.250. The van der Waals surface area contributed by atoms with Crippen LogP contribution in [0.5, 0.6) is 0 Å². The Labute approximate surface area is 144 Å². The molecule has 1 N–H and O–H groups in total. The van der Waals surface area contributed by atoms with E-state index in [4.69, 9.17) is 0 Å². The first-order valence-corrected chi connectivity index (χ1v) is 7.66. The molecule has 0 radical (unpaired) electrons. The maximum Gasteiger partial charge on any atom is 0.251 e. The molecule has 0 unspecified atom stereocenters. The van der Waals surface area contributed by atoms with Gasteiger partial charge in [-0.05, 0) is 41.6 Å². The lowest BCUT2D eigenvalue weighted by molar-refractivity contribution is 0.0950. The van der Waals surface area contributed by atoms with Crippen LogP contribution in [0.2, 0.25) is 0 Å². The normalized spacial score (nSPS) is 10.5. The van der Waals surface area contributed by atoms with E-state index in [0.717, 1.165) is 11.4 Å². The first-order valence-electron chi connectivity index (χ1n) is 7.66. The summed E-state index contributed by atoms with van der Waals surface area (Å²) >= 11 is 0. The zero-order valence-electron chi connectivity index (χ0n) is 14.2. The molecular weight excluding hydrogens is 320 g/mol. The molecule has 2 heterocycles. The second-order valence-corrected chi connectivity index (χ2v) is 5.68. The minimum atomic E-state index is -0.197. The molecule has 1 aromatic carbocycles. The molecule has 0 saturated heterocycles. The quantitative estimate of drug-likeness (QED) is 0.732. The Morgan fingerprint density at radius 3 is 2.80 bits per heavy atom. The predicted molar refractivity (Wildman–Crippen MR) is 91.4 cm³/mol. The van der Waals surface area contributed by atoms with E-state index in [1.165, 1.54) is 11.0 Å². The van der Waals surface area contributed by atoms with Crippen molar-refractivity contribution in [1.82, 2.24) is 35.5 Å². The number of nitrogens with one attached hydrogen (secondary N) is 1. The molecule has 3 aromatic rings. The number of tetrazole rings is 1. The van der Waals surface area contributed by atoms with Crippen LogP contribution in [0.1, 0.15) is 21.7 Å². The van der Waals surface area contributed by atoms with E-state index >= 15 is 0 Å². The Hall–Kier alpha value is -3.36. The number of rotatable bonds is 5. The smallest absolute Gasteiger partial charge is 0.251 e. The molecule has 0 aliphatic rings. The Kier molecular flexibility index (Phi) is 4.64. The summed E-state index contributed by atoms with van der Waals surface area (Å²) < 4.78 is 1.49. The molecule has 0 atom stereocenters. The maximum atomic E-state index is 12.4. The number of nitrogens with zero attached hydrogens (tertiary/aromatic N) is 7. The summed E-state index contributed by atoms with van der Waals surface area (Å²) in [7, 11) is 3.75. The molecule has 3 rings (SSSR count). The second-order valence-electron chi connectivity index (χ2n) is 5.68. The van der Waals surface area contributed by atoms with Gasteiger partial charge in [-0.1, -0.05) is 6.07 Å². The van der Waals surface area contributed by atoms with Crippen molar-refractivity contribution in [3.63, 3.8) is 0 Å². The Bertz CT molecular complexity index is 876. The van der Waals surface area contributed by atoms with Gasteiger partial charge in [-0.2, -0.15) is 0 Å². The standard InChI is InChI=1S/C16H18N8O/c1-11-7-13(20-16(19-11)23(2)3)9-17-15(25)12-5-4-6-14(8-12)24-10-18-21-22-24/h4-8,10H,9H2,1-3H3,(H,17,25). The average molecular weight is 338 g/mol. The van der Waals surface area contributed by atoms with Crippen LogP contribution in [0.3, 0.4) is 0 Å². The van der Waals surface area contributed by atoms with Gasteiger partial charge in [0.1, 0.15) is 6.33 Å². The summed E-state index contributed by atoms with van der Waals surface area (Å²) in [4.78, 5) is 23.0. The molecule has 2 aromatic heterocycles. The van der Waals surface area contributed by atoms with Crippen LogP contribution in [-0.4, -0.2) is 50.2 Å². The topological polar surface area (TPSA) is 102 Å². The number of hydrogen-bond donors (Lipinski definition) is 1. The van der Waals surface area contributed by atoms with E-state index in [2.05, 4.69) is 30.8 Å². The molecule has 0 fully saturated rings. The third-order valence-corrected chi connectivity index (χ3v) is 3.45. The van der Waals surface area contributed by atoms with Gasteiger partial charge in [0.15, 0.2) is 0 Å². The van der Waals surface area contributed by atoms with Crippen LogP contribution in [0.15, 0.2) is 36.7 Å². The Balaban J connectivity index is 1.72. The molecule has 0 aliphatic heterocycles. The Morgan fingerprint density at radius 2 is 2.08 bits per heavy atom. The first kappa shape index (κ1) is 16.5. The fourth-order valence-electron chi connectivity index (χ4n) is 2.25. The maximum absolute atomic E-state index is 12.4. The number of benzene rings is 1. The van der Waals surface area contributed by atoms with E-state index in [0.29, 0.717) is 23.7 Å². The van der Waals surface area contributed by atoms with Gasteiger partial charge in [0.05, 0.1) is 17.9 Å². The van der Waals surface area contributed by atoms with Gasteiger partial charge in [0.2, 0.25) is 5.95 Å². The van der Waals surface area contributed by atoms with Crippen LogP contribution in [0, 0.1) is 6.92 Å². The van der Waals surface area contributed by atoms with Gasteiger partial charge in [-0.25, -0.2) is 14.6 Å². The molecule has 0 saturated carbocycles. The summed E-state index contributed by atoms with van der Waals surface area (Å²) in [5.74, 6) is 0.419. The van der Waals surface area contributed by atoms with E-state index in [1.807, 2.05) is 38.1 Å². The van der Waals surface area contributed by atoms with Crippen molar-refractivity contribution in [2.75, 3.05) is 19.0 Å². The van der Waals surface area contributed by atoms with Gasteiger partial charge in [-0.15, -0.1) is 5.10 Å². The van der Waals surface area contributed by atoms with Gasteiger partial charge in [0.25, 0.3) is 5.91 Å². The zero-order valence-corrected chi connectivity index (χ0v) is 14.2. The average Bonchev–Trinajstić information content (AvgIpc) is 3.14. The van der Waals surface area contributed by atoms with Crippen LogP contribution >= 0.6 is 0 Å². The van der Waals surface area contributed by atoms with E-state index in [1.54, 1.807) is 18.2 Å². The Morgan fingerprint density at radius 1 is 1.24 bits per heavy atom. The highest BCUT2D eigenvalue weighted by molar-refractivity contribution is 5.94. The molecule has 0 aliphatic carbocycles. The largest absolute Gasteiger partial charge is 0.347 e. The van der Waals surface area contributed by atoms with Crippen molar-refractivity contribution in [1.29, 1.82) is 0 Å². The highest BCUT2D eigenvalue weighted by Crippen LogP contribution is 2.10. The molecular formula is C16H18N8O. The van der Waals surface area contributed by atoms with E-state index in [9.17, 15) is 4.79 Å². The van der Waals surface area contributed by atoms with Gasteiger partial charge < -0.3 is 10.2 Å². The molecule has 25 heavy (non-hydrogen) atoms. The molecule has 9 nitrogen and oxygen atoms in total. The van der Waals surface area contributed by atoms with Crippen molar-refractivity contribution in [3.8, 4) is 5.69 Å². The van der Waals surface area contributed by atoms with Gasteiger partial charge in [-0.3, -0.25) is 4.79 Å². The SMILES string of the molecule is Cc1cc(CNC(=O)c2cccc(-n3cnnn3)c2)nc(N(C)C)n1. The third kappa shape index (κ3) is 3.94. The van der Waals surface area contributed by atoms with E-state index in [-0.39, 0.29) is 5.91 Å². The molecule has 0 bridgehead atoms. The summed E-state index contributed by atoms with van der Waals surface area (Å²) in [5, 5.41) is 13.9. The summed E-state index contributed by atoms with van der Waals surface area (Å²) in [5.41, 5.74) is 2.84. The van der Waals surface area contributed by atoms with Crippen molar-refractivity contribution in [3.05, 3.63) is 53.6 Å². The summed E-state index contributed by atoms with van der Waals surface area (Å²) in [6.07, 6.45) is 1.48. The molecule has 9 heteroatoms. The molecule has 1 amide bonds. The number of hydrogen-bond acceptors (Lipinski definition) is 7. The number of carbonyl (C=O) groups excluding carboxylic acids is 1. The van der Waals surface area contributed by atoms with Crippen LogP contribution in [-0.2, 0) is 6.54 Å². The van der Waals surface area contributed by atoms with Crippen LogP contribution in [0.4, 0.5) is 5.95 Å². The third-order valence-electron chi connectivity index (χ3n) is 3.45. The molecule has 128 valence electrons. The number of aromatic nitrogens is 6. The second kappa shape index (κ2) is 7.04. The van der Waals surface area contributed by atoms with E-state index < -0.39 is 0 Å². The van der Waals surface area contributed by atoms with Gasteiger partial charge >= 0.3 is 0 Å². The number of anilines is 1. The van der Waals surface area contributed by atoms with Gasteiger partial charge in [0, 0.05) is 25.4 Å². The monoisotopic (exact) mass is 338 g/mol. The van der Waals surface area contributed by atoms with Crippen molar-refractivity contribution in [2.24, 2.45) is 0 Å². The minimum absolute atomic E-state index is 0.197. The number of carbonyl (C=O) groups is 1. The lowest BCUT2D eigenvalue weighted by Crippen LogP contribution is -2.24. The number of amides is 1. The molecule has 0 spiro atoms. The summed E-state index contributed by atoms with van der Waals surface area (Å²) in [6.45, 7) is 2.22. The highest BCUT2D eigenvalue weighted by Gasteiger charge is 2.09. The number of aryl methyl sites for hydroxylation is 1. The predicted octanol–water partition coefficient (Wildman–Crippen LogP) is 0.757. The van der Waals surface area contributed by atoms with Crippen LogP contribution < -0.4 is 10.2 Å². The van der Waals surface area contributed by atoms with Crippen molar-refractivity contribution < 1.29 is 4.79 Å². The first-order chi connectivity index (χ1) is 12.0.